The van der Waals surface area contributed by atoms with Crippen LogP contribution < -0.4 is 5.32 Å². The van der Waals surface area contributed by atoms with Gasteiger partial charge in [-0.25, -0.2) is 4.98 Å². The van der Waals surface area contributed by atoms with Gasteiger partial charge in [-0.1, -0.05) is 0 Å². The number of hydrogen-bond acceptors (Lipinski definition) is 4. The molecule has 0 aromatic carbocycles. The molecule has 2 saturated heterocycles. The molecule has 3 rings (SSSR count). The van der Waals surface area contributed by atoms with Crippen LogP contribution in [-0.4, -0.2) is 40.3 Å². The smallest absolute Gasteiger partial charge is 0.249 e. The minimum absolute atomic E-state index is 0.0240. The van der Waals surface area contributed by atoms with Crippen LogP contribution in [0.2, 0.25) is 0 Å². The number of nitrogens with zero attached hydrogens (tertiary/aromatic N) is 2. The highest BCUT2D eigenvalue weighted by Crippen LogP contribution is 2.28. The van der Waals surface area contributed by atoms with E-state index >= 15 is 0 Å². The van der Waals surface area contributed by atoms with E-state index in [1.165, 1.54) is 0 Å². The Morgan fingerprint density at radius 2 is 2.30 bits per heavy atom. The molecule has 0 unspecified atom stereocenters. The van der Waals surface area contributed by atoms with Crippen molar-refractivity contribution in [3.05, 3.63) is 18.2 Å². The van der Waals surface area contributed by atoms with E-state index in [1.54, 1.807) is 6.20 Å². The largest absolute Gasteiger partial charge is 0.368 e. The van der Waals surface area contributed by atoms with Crippen LogP contribution in [0.1, 0.15) is 38.1 Å². The van der Waals surface area contributed by atoms with Crippen molar-refractivity contribution in [3.63, 3.8) is 0 Å². The summed E-state index contributed by atoms with van der Waals surface area (Å²) in [6.07, 6.45) is 5.89. The lowest BCUT2D eigenvalue weighted by molar-refractivity contribution is -0.132. The second-order valence-electron chi connectivity index (χ2n) is 5.60. The van der Waals surface area contributed by atoms with Crippen LogP contribution in [0.3, 0.4) is 0 Å². The van der Waals surface area contributed by atoms with Crippen molar-refractivity contribution in [2.75, 3.05) is 6.61 Å². The van der Waals surface area contributed by atoms with Gasteiger partial charge in [0.15, 0.2) is 0 Å². The average molecular weight is 279 g/mol. The number of rotatable bonds is 3. The highest BCUT2D eigenvalue weighted by molar-refractivity contribution is 5.81. The summed E-state index contributed by atoms with van der Waals surface area (Å²) in [4.78, 5) is 16.5. The molecule has 0 saturated carbocycles. The number of nitrogens with one attached hydrogen (secondary N) is 1. The summed E-state index contributed by atoms with van der Waals surface area (Å²) < 4.78 is 13.3. The SMILES string of the molecule is C[C@H]1CC[C@H](C(=O)N[C@H]2CCO[C@@H]2c2nccn2C)O1. The molecule has 6 heteroatoms. The summed E-state index contributed by atoms with van der Waals surface area (Å²) in [7, 11) is 1.94. The Kier molecular flexibility index (Phi) is 3.76. The van der Waals surface area contributed by atoms with Gasteiger partial charge in [0.1, 0.15) is 18.0 Å². The van der Waals surface area contributed by atoms with Gasteiger partial charge in [-0.15, -0.1) is 0 Å². The lowest BCUT2D eigenvalue weighted by atomic mass is 10.1. The minimum atomic E-state index is -0.312. The van der Waals surface area contributed by atoms with E-state index < -0.39 is 0 Å². The Hall–Kier alpha value is -1.40. The third kappa shape index (κ3) is 2.58. The minimum Gasteiger partial charge on any atom is -0.368 e. The van der Waals surface area contributed by atoms with Crippen LogP contribution >= 0.6 is 0 Å². The molecule has 2 aliphatic rings. The van der Waals surface area contributed by atoms with Crippen LogP contribution in [0, 0.1) is 0 Å². The van der Waals surface area contributed by atoms with Gasteiger partial charge in [-0.05, 0) is 26.2 Å². The number of aromatic nitrogens is 2. The van der Waals surface area contributed by atoms with Gasteiger partial charge in [0.2, 0.25) is 5.91 Å². The molecule has 2 aliphatic heterocycles. The highest BCUT2D eigenvalue weighted by Gasteiger charge is 2.36. The predicted molar refractivity (Wildman–Crippen MR) is 72.0 cm³/mol. The highest BCUT2D eigenvalue weighted by atomic mass is 16.5. The van der Waals surface area contributed by atoms with Gasteiger partial charge < -0.3 is 19.4 Å². The standard InChI is InChI=1S/C14H21N3O3/c1-9-3-4-11(20-9)14(18)16-10-5-8-19-12(10)13-15-6-7-17(13)2/h6-7,9-12H,3-5,8H2,1-2H3,(H,16,18)/t9-,10-,11+,12-/m0/s1. The number of carbonyl (C=O) groups excluding carboxylic acids is 1. The Morgan fingerprint density at radius 3 is 2.95 bits per heavy atom. The number of aryl methyl sites for hydroxylation is 1. The van der Waals surface area contributed by atoms with Crippen molar-refractivity contribution in [2.24, 2.45) is 7.05 Å². The van der Waals surface area contributed by atoms with E-state index in [0.29, 0.717) is 6.61 Å². The lowest BCUT2D eigenvalue weighted by Gasteiger charge is -2.21. The molecule has 20 heavy (non-hydrogen) atoms. The summed E-state index contributed by atoms with van der Waals surface area (Å²) in [5.74, 6) is 0.831. The maximum Gasteiger partial charge on any atom is 0.249 e. The Labute approximate surface area is 118 Å². The first kappa shape index (κ1) is 13.6. The van der Waals surface area contributed by atoms with Crippen molar-refractivity contribution in [1.82, 2.24) is 14.9 Å². The number of amides is 1. The zero-order valence-corrected chi connectivity index (χ0v) is 11.9. The van der Waals surface area contributed by atoms with Crippen LogP contribution in [0.4, 0.5) is 0 Å². The van der Waals surface area contributed by atoms with Gasteiger partial charge in [0, 0.05) is 26.0 Å². The molecule has 110 valence electrons. The molecular formula is C14H21N3O3. The van der Waals surface area contributed by atoms with E-state index in [-0.39, 0.29) is 30.3 Å². The fourth-order valence-electron chi connectivity index (χ4n) is 2.91. The third-order valence-corrected chi connectivity index (χ3v) is 4.06. The Balaban J connectivity index is 1.64. The van der Waals surface area contributed by atoms with Crippen molar-refractivity contribution in [2.45, 2.75) is 50.5 Å². The van der Waals surface area contributed by atoms with Gasteiger partial charge in [0.25, 0.3) is 0 Å². The van der Waals surface area contributed by atoms with Gasteiger partial charge in [-0.3, -0.25) is 4.79 Å². The van der Waals surface area contributed by atoms with E-state index in [1.807, 2.05) is 24.7 Å². The normalized spacial score (nSPS) is 33.5. The lowest BCUT2D eigenvalue weighted by Crippen LogP contribution is -2.43. The molecule has 1 aromatic heterocycles. The zero-order valence-electron chi connectivity index (χ0n) is 11.9. The molecule has 0 spiro atoms. The van der Waals surface area contributed by atoms with Crippen molar-refractivity contribution >= 4 is 5.91 Å². The molecule has 0 aliphatic carbocycles. The van der Waals surface area contributed by atoms with Gasteiger partial charge in [0.05, 0.1) is 12.1 Å². The fraction of sp³-hybridized carbons (Fsp3) is 0.714. The number of carbonyl (C=O) groups is 1. The summed E-state index contributed by atoms with van der Waals surface area (Å²) in [6.45, 7) is 2.65. The average Bonchev–Trinajstić information content (AvgIpc) is 3.10. The van der Waals surface area contributed by atoms with Crippen molar-refractivity contribution in [1.29, 1.82) is 0 Å². The summed E-state index contributed by atoms with van der Waals surface area (Å²) in [6, 6.07) is -0.0249. The van der Waals surface area contributed by atoms with Crippen LogP contribution in [-0.2, 0) is 21.3 Å². The van der Waals surface area contributed by atoms with E-state index in [4.69, 9.17) is 9.47 Å². The van der Waals surface area contributed by atoms with Crippen LogP contribution in [0.15, 0.2) is 12.4 Å². The topological polar surface area (TPSA) is 65.4 Å². The second kappa shape index (κ2) is 5.54. The molecular weight excluding hydrogens is 258 g/mol. The predicted octanol–water partition coefficient (Wildman–Crippen LogP) is 0.934. The second-order valence-corrected chi connectivity index (χ2v) is 5.60. The number of imidazole rings is 1. The monoisotopic (exact) mass is 279 g/mol. The summed E-state index contributed by atoms with van der Waals surface area (Å²) in [5, 5.41) is 3.06. The quantitative estimate of drug-likeness (QED) is 0.894. The first-order chi connectivity index (χ1) is 9.65. The van der Waals surface area contributed by atoms with Crippen LogP contribution in [0.5, 0.6) is 0 Å². The fourth-order valence-corrected chi connectivity index (χ4v) is 2.91. The van der Waals surface area contributed by atoms with E-state index in [2.05, 4.69) is 10.3 Å². The van der Waals surface area contributed by atoms with Gasteiger partial charge >= 0.3 is 0 Å². The van der Waals surface area contributed by atoms with Crippen molar-refractivity contribution in [3.8, 4) is 0 Å². The molecule has 0 radical (unpaired) electrons. The Morgan fingerprint density at radius 1 is 1.45 bits per heavy atom. The van der Waals surface area contributed by atoms with E-state index in [0.717, 1.165) is 25.1 Å². The Bertz CT molecular complexity index is 488. The molecule has 4 atom stereocenters. The summed E-state index contributed by atoms with van der Waals surface area (Å²) in [5.41, 5.74) is 0. The van der Waals surface area contributed by atoms with Gasteiger partial charge in [-0.2, -0.15) is 0 Å². The number of ether oxygens (including phenoxy) is 2. The maximum atomic E-state index is 12.2. The molecule has 3 heterocycles. The molecule has 2 fully saturated rings. The molecule has 0 bridgehead atoms. The van der Waals surface area contributed by atoms with Crippen molar-refractivity contribution < 1.29 is 14.3 Å². The first-order valence-corrected chi connectivity index (χ1v) is 7.20. The molecule has 6 nitrogen and oxygen atoms in total. The number of hydrogen-bond donors (Lipinski definition) is 1. The maximum absolute atomic E-state index is 12.2. The van der Waals surface area contributed by atoms with Crippen LogP contribution in [0.25, 0.3) is 0 Å². The summed E-state index contributed by atoms with van der Waals surface area (Å²) >= 11 is 0. The molecule has 1 aromatic rings. The van der Waals surface area contributed by atoms with E-state index in [9.17, 15) is 4.79 Å². The molecule has 1 amide bonds. The zero-order chi connectivity index (χ0) is 14.1. The third-order valence-electron chi connectivity index (χ3n) is 4.06. The molecule has 1 N–H and O–H groups in total. The first-order valence-electron chi connectivity index (χ1n) is 7.20.